The Kier molecular flexibility index (Phi) is 3.51. The minimum Gasteiger partial charge on any atom is -0.458 e. The monoisotopic (exact) mass is 286 g/mol. The first kappa shape index (κ1) is 13.2. The van der Waals surface area contributed by atoms with Crippen LogP contribution in [-0.2, 0) is 6.42 Å². The molecule has 2 nitrogen and oxygen atoms in total. The van der Waals surface area contributed by atoms with Gasteiger partial charge in [-0.25, -0.2) is 0 Å². The zero-order chi connectivity index (χ0) is 14.1. The van der Waals surface area contributed by atoms with Crippen LogP contribution in [0.4, 0.5) is 0 Å². The van der Waals surface area contributed by atoms with E-state index in [9.17, 15) is 5.11 Å². The molecule has 0 aliphatic rings. The van der Waals surface area contributed by atoms with Gasteiger partial charge in [-0.3, -0.25) is 0 Å². The summed E-state index contributed by atoms with van der Waals surface area (Å²) >= 11 is 5.95. The molecule has 1 heterocycles. The minimum atomic E-state index is -0.651. The van der Waals surface area contributed by atoms with E-state index in [2.05, 4.69) is 0 Å². The van der Waals surface area contributed by atoms with Crippen molar-refractivity contribution in [1.82, 2.24) is 0 Å². The van der Waals surface area contributed by atoms with Gasteiger partial charge in [-0.15, -0.1) is 0 Å². The first-order chi connectivity index (χ1) is 9.63. The van der Waals surface area contributed by atoms with Crippen molar-refractivity contribution in [3.63, 3.8) is 0 Å². The second-order valence-corrected chi connectivity index (χ2v) is 5.41. The van der Waals surface area contributed by atoms with Gasteiger partial charge in [0.15, 0.2) is 0 Å². The van der Waals surface area contributed by atoms with Gasteiger partial charge in [-0.2, -0.15) is 0 Å². The summed E-state index contributed by atoms with van der Waals surface area (Å²) in [7, 11) is 0. The lowest BCUT2D eigenvalue weighted by Crippen LogP contribution is -2.01. The molecule has 1 aromatic heterocycles. The molecule has 0 aliphatic heterocycles. The Morgan fingerprint density at radius 2 is 1.95 bits per heavy atom. The van der Waals surface area contributed by atoms with Gasteiger partial charge in [0.2, 0.25) is 0 Å². The second kappa shape index (κ2) is 5.31. The minimum absolute atomic E-state index is 0.542. The van der Waals surface area contributed by atoms with Gasteiger partial charge in [0.1, 0.15) is 17.4 Å². The van der Waals surface area contributed by atoms with Crippen LogP contribution < -0.4 is 0 Å². The SMILES string of the molecule is Cc1ccccc1CC(O)c1cc2cc(Cl)ccc2o1. The van der Waals surface area contributed by atoms with E-state index >= 15 is 0 Å². The molecule has 0 fully saturated rings. The lowest BCUT2D eigenvalue weighted by molar-refractivity contribution is 0.152. The van der Waals surface area contributed by atoms with Crippen molar-refractivity contribution in [2.75, 3.05) is 0 Å². The van der Waals surface area contributed by atoms with Crippen LogP contribution >= 0.6 is 11.6 Å². The number of halogens is 1. The number of fused-ring (bicyclic) bond motifs is 1. The van der Waals surface area contributed by atoms with Crippen molar-refractivity contribution in [3.8, 4) is 0 Å². The van der Waals surface area contributed by atoms with E-state index < -0.39 is 6.10 Å². The standard InChI is InChI=1S/C17H15ClO2/c1-11-4-2-3-5-12(11)9-15(19)17-10-13-8-14(18)6-7-16(13)20-17/h2-8,10,15,19H,9H2,1H3. The van der Waals surface area contributed by atoms with Crippen LogP contribution in [0.5, 0.6) is 0 Å². The number of rotatable bonds is 3. The molecule has 0 aliphatic carbocycles. The van der Waals surface area contributed by atoms with Crippen molar-refractivity contribution in [1.29, 1.82) is 0 Å². The Bertz CT molecular complexity index is 746. The van der Waals surface area contributed by atoms with E-state index in [4.69, 9.17) is 16.0 Å². The molecule has 3 heteroatoms. The second-order valence-electron chi connectivity index (χ2n) is 4.98. The third-order valence-corrected chi connectivity index (χ3v) is 3.74. The van der Waals surface area contributed by atoms with Gasteiger partial charge < -0.3 is 9.52 Å². The Morgan fingerprint density at radius 1 is 1.15 bits per heavy atom. The van der Waals surface area contributed by atoms with Crippen LogP contribution in [0.2, 0.25) is 5.02 Å². The number of furan rings is 1. The Hall–Kier alpha value is -1.77. The normalized spacial score (nSPS) is 12.8. The Labute approximate surface area is 122 Å². The molecule has 0 amide bonds. The average molecular weight is 287 g/mol. The summed E-state index contributed by atoms with van der Waals surface area (Å²) in [5, 5.41) is 11.9. The maximum absolute atomic E-state index is 10.3. The van der Waals surface area contributed by atoms with Crippen LogP contribution in [0, 0.1) is 6.92 Å². The van der Waals surface area contributed by atoms with Gasteiger partial charge in [0.25, 0.3) is 0 Å². The summed E-state index contributed by atoms with van der Waals surface area (Å²) in [5.41, 5.74) is 3.04. The highest BCUT2D eigenvalue weighted by atomic mass is 35.5. The summed E-state index contributed by atoms with van der Waals surface area (Å²) < 4.78 is 5.69. The predicted molar refractivity (Wildman–Crippen MR) is 81.1 cm³/mol. The summed E-state index contributed by atoms with van der Waals surface area (Å²) in [6.07, 6.45) is -0.109. The highest BCUT2D eigenvalue weighted by molar-refractivity contribution is 6.31. The highest BCUT2D eigenvalue weighted by Crippen LogP contribution is 2.28. The smallest absolute Gasteiger partial charge is 0.134 e. The average Bonchev–Trinajstić information content (AvgIpc) is 2.84. The topological polar surface area (TPSA) is 33.4 Å². The molecule has 0 radical (unpaired) electrons. The van der Waals surface area contributed by atoms with Crippen LogP contribution in [-0.4, -0.2) is 5.11 Å². The van der Waals surface area contributed by atoms with E-state index in [0.29, 0.717) is 17.2 Å². The van der Waals surface area contributed by atoms with E-state index in [0.717, 1.165) is 16.5 Å². The molecule has 3 rings (SSSR count). The molecule has 0 spiro atoms. The zero-order valence-corrected chi connectivity index (χ0v) is 11.9. The van der Waals surface area contributed by atoms with E-state index in [1.165, 1.54) is 5.56 Å². The molecule has 20 heavy (non-hydrogen) atoms. The number of hydrogen-bond acceptors (Lipinski definition) is 2. The molecular weight excluding hydrogens is 272 g/mol. The molecule has 1 unspecified atom stereocenters. The van der Waals surface area contributed by atoms with Gasteiger partial charge in [-0.1, -0.05) is 35.9 Å². The third-order valence-electron chi connectivity index (χ3n) is 3.50. The largest absolute Gasteiger partial charge is 0.458 e. The summed E-state index contributed by atoms with van der Waals surface area (Å²) in [6, 6.07) is 15.3. The fourth-order valence-electron chi connectivity index (χ4n) is 2.35. The van der Waals surface area contributed by atoms with Gasteiger partial charge in [0, 0.05) is 16.8 Å². The third kappa shape index (κ3) is 2.58. The maximum atomic E-state index is 10.3. The lowest BCUT2D eigenvalue weighted by Gasteiger charge is -2.09. The van der Waals surface area contributed by atoms with Gasteiger partial charge in [0.05, 0.1) is 0 Å². The number of aliphatic hydroxyl groups is 1. The zero-order valence-electron chi connectivity index (χ0n) is 11.1. The van der Waals surface area contributed by atoms with Crippen molar-refractivity contribution < 1.29 is 9.52 Å². The number of aliphatic hydroxyl groups excluding tert-OH is 1. The van der Waals surface area contributed by atoms with Crippen LogP contribution in [0.25, 0.3) is 11.0 Å². The van der Waals surface area contributed by atoms with Crippen molar-refractivity contribution >= 4 is 22.6 Å². The first-order valence-corrected chi connectivity index (χ1v) is 6.93. The summed E-state index contributed by atoms with van der Waals surface area (Å²) in [5.74, 6) is 0.575. The number of benzene rings is 2. The fourth-order valence-corrected chi connectivity index (χ4v) is 2.53. The molecule has 3 aromatic rings. The van der Waals surface area contributed by atoms with Crippen molar-refractivity contribution in [3.05, 3.63) is 70.4 Å². The van der Waals surface area contributed by atoms with E-state index in [1.807, 2.05) is 49.4 Å². The number of hydrogen-bond donors (Lipinski definition) is 1. The van der Waals surface area contributed by atoms with Crippen LogP contribution in [0.15, 0.2) is 52.9 Å². The predicted octanol–water partition coefficient (Wildman–Crippen LogP) is 4.67. The van der Waals surface area contributed by atoms with Crippen molar-refractivity contribution in [2.24, 2.45) is 0 Å². The molecule has 2 aromatic carbocycles. The molecule has 0 saturated carbocycles. The Morgan fingerprint density at radius 3 is 2.75 bits per heavy atom. The van der Waals surface area contributed by atoms with Crippen molar-refractivity contribution in [2.45, 2.75) is 19.4 Å². The highest BCUT2D eigenvalue weighted by Gasteiger charge is 2.15. The fraction of sp³-hybridized carbons (Fsp3) is 0.176. The van der Waals surface area contributed by atoms with Crippen LogP contribution in [0.3, 0.4) is 0 Å². The molecule has 1 atom stereocenters. The molecule has 102 valence electrons. The van der Waals surface area contributed by atoms with Gasteiger partial charge in [-0.05, 0) is 42.3 Å². The molecule has 0 bridgehead atoms. The maximum Gasteiger partial charge on any atom is 0.134 e. The molecular formula is C17H15ClO2. The Balaban J connectivity index is 1.89. The quantitative estimate of drug-likeness (QED) is 0.759. The molecule has 0 saturated heterocycles. The summed E-state index contributed by atoms with van der Waals surface area (Å²) in [4.78, 5) is 0. The van der Waals surface area contributed by atoms with Gasteiger partial charge >= 0.3 is 0 Å². The van der Waals surface area contributed by atoms with E-state index in [1.54, 1.807) is 6.07 Å². The van der Waals surface area contributed by atoms with E-state index in [-0.39, 0.29) is 0 Å². The summed E-state index contributed by atoms with van der Waals surface area (Å²) in [6.45, 7) is 2.04. The lowest BCUT2D eigenvalue weighted by atomic mass is 10.0. The van der Waals surface area contributed by atoms with Crippen LogP contribution in [0.1, 0.15) is 23.0 Å². The molecule has 1 N–H and O–H groups in total. The number of aryl methyl sites for hydroxylation is 1. The first-order valence-electron chi connectivity index (χ1n) is 6.55.